The van der Waals surface area contributed by atoms with Crippen LogP contribution in [0.25, 0.3) is 0 Å². The molecule has 1 N–H and O–H groups in total. The number of nitrogens with one attached hydrogen (secondary N) is 1. The van der Waals surface area contributed by atoms with Crippen LogP contribution in [-0.2, 0) is 20.8 Å². The van der Waals surface area contributed by atoms with Crippen LogP contribution in [0.5, 0.6) is 0 Å². The number of ether oxygens (including phenoxy) is 3. The highest BCUT2D eigenvalue weighted by atomic mass is 79.9. The van der Waals surface area contributed by atoms with E-state index in [1.807, 2.05) is 6.20 Å². The van der Waals surface area contributed by atoms with Crippen molar-refractivity contribution in [2.45, 2.75) is 102 Å². The highest BCUT2D eigenvalue weighted by Gasteiger charge is 2.37. The van der Waals surface area contributed by atoms with Gasteiger partial charge in [0.2, 0.25) is 0 Å². The smallest absolute Gasteiger partial charge is 0.407 e. The molecule has 1 unspecified atom stereocenters. The van der Waals surface area contributed by atoms with Crippen molar-refractivity contribution in [1.82, 2.24) is 9.88 Å². The van der Waals surface area contributed by atoms with E-state index in [9.17, 15) is 14.0 Å². The standard InChI is InChI=1S/C23H34BrFN2O5/c1-23(2,3)32-22(29)26-19-10-15(25)11-20(19)31-13-14-9-18(24)21(28)27(12-14)16-5-7-17(30-4)8-6-16/h9,12,15-17,19-20H,5-8,10-11,13H2,1-4H3,(H,26,29)/t15-,16?,17?,19?,20-/m1/s1. The lowest BCUT2D eigenvalue weighted by Gasteiger charge is -2.29. The number of carbonyl (C=O) groups is 1. The molecule has 0 aromatic carbocycles. The number of alkyl halides is 1. The number of nitrogens with zero attached hydrogens (tertiary/aromatic N) is 1. The van der Waals surface area contributed by atoms with Gasteiger partial charge in [-0.3, -0.25) is 4.79 Å². The third kappa shape index (κ3) is 6.78. The Labute approximate surface area is 197 Å². The zero-order valence-corrected chi connectivity index (χ0v) is 20.8. The number of hydrogen-bond acceptors (Lipinski definition) is 5. The summed E-state index contributed by atoms with van der Waals surface area (Å²) in [6.45, 7) is 5.56. The van der Waals surface area contributed by atoms with Crippen LogP contribution in [0.15, 0.2) is 21.5 Å². The summed E-state index contributed by atoms with van der Waals surface area (Å²) >= 11 is 3.38. The largest absolute Gasteiger partial charge is 0.444 e. The fourth-order valence-electron chi connectivity index (χ4n) is 4.47. The first-order chi connectivity index (χ1) is 15.1. The summed E-state index contributed by atoms with van der Waals surface area (Å²) < 4.78 is 33.1. The molecular formula is C23H34BrFN2O5. The summed E-state index contributed by atoms with van der Waals surface area (Å²) in [5.41, 5.74) is 0.128. The quantitative estimate of drug-likeness (QED) is 0.595. The van der Waals surface area contributed by atoms with Crippen molar-refractivity contribution >= 4 is 22.0 Å². The molecule has 1 amide bonds. The Kier molecular flexibility index (Phi) is 8.38. The number of pyridine rings is 1. The Morgan fingerprint density at radius 2 is 1.94 bits per heavy atom. The predicted molar refractivity (Wildman–Crippen MR) is 123 cm³/mol. The van der Waals surface area contributed by atoms with Gasteiger partial charge >= 0.3 is 6.09 Å². The van der Waals surface area contributed by atoms with Crippen molar-refractivity contribution in [1.29, 1.82) is 0 Å². The Balaban J connectivity index is 1.64. The van der Waals surface area contributed by atoms with Crippen molar-refractivity contribution in [2.24, 2.45) is 0 Å². The zero-order valence-electron chi connectivity index (χ0n) is 19.2. The molecule has 0 spiro atoms. The summed E-state index contributed by atoms with van der Waals surface area (Å²) in [5, 5.41) is 2.74. The maximum atomic E-state index is 14.1. The first kappa shape index (κ1) is 25.2. The third-order valence-corrected chi connectivity index (χ3v) is 6.61. The SMILES string of the molecule is COC1CCC(n2cc(CO[C@@H]3C[C@H](F)CC3NC(=O)OC(C)(C)C)cc(Br)c2=O)CC1. The average molecular weight is 517 g/mol. The number of methoxy groups -OCH3 is 1. The number of hydrogen-bond donors (Lipinski definition) is 1. The van der Waals surface area contributed by atoms with Gasteiger partial charge < -0.3 is 24.1 Å². The van der Waals surface area contributed by atoms with Crippen LogP contribution in [0.4, 0.5) is 9.18 Å². The van der Waals surface area contributed by atoms with E-state index in [2.05, 4.69) is 21.2 Å². The van der Waals surface area contributed by atoms with Crippen molar-refractivity contribution in [2.75, 3.05) is 7.11 Å². The minimum Gasteiger partial charge on any atom is -0.444 e. The fourth-order valence-corrected chi connectivity index (χ4v) is 4.97. The molecular weight excluding hydrogens is 483 g/mol. The zero-order chi connectivity index (χ0) is 23.5. The predicted octanol–water partition coefficient (Wildman–Crippen LogP) is 4.65. The van der Waals surface area contributed by atoms with E-state index in [0.29, 0.717) is 4.47 Å². The van der Waals surface area contributed by atoms with Gasteiger partial charge in [-0.25, -0.2) is 9.18 Å². The lowest BCUT2D eigenvalue weighted by Crippen LogP contribution is -2.43. The van der Waals surface area contributed by atoms with Crippen molar-refractivity contribution < 1.29 is 23.4 Å². The van der Waals surface area contributed by atoms with Crippen molar-refractivity contribution in [3.05, 3.63) is 32.7 Å². The van der Waals surface area contributed by atoms with Gasteiger partial charge in [-0.1, -0.05) is 0 Å². The lowest BCUT2D eigenvalue weighted by molar-refractivity contribution is 0.0148. The molecule has 9 heteroatoms. The van der Waals surface area contributed by atoms with Crippen LogP contribution in [0.2, 0.25) is 0 Å². The Bertz CT molecular complexity index is 848. The van der Waals surface area contributed by atoms with E-state index in [1.54, 1.807) is 38.5 Å². The molecule has 0 aliphatic heterocycles. The van der Waals surface area contributed by atoms with E-state index < -0.39 is 30.0 Å². The topological polar surface area (TPSA) is 78.8 Å². The number of amides is 1. The van der Waals surface area contributed by atoms with Crippen LogP contribution in [0, 0.1) is 0 Å². The summed E-state index contributed by atoms with van der Waals surface area (Å²) in [5.74, 6) is 0. The Hall–Kier alpha value is -1.45. The average Bonchev–Trinajstić information content (AvgIpc) is 3.06. The second-order valence-electron chi connectivity index (χ2n) is 9.75. The van der Waals surface area contributed by atoms with Crippen molar-refractivity contribution in [3.8, 4) is 0 Å². The van der Waals surface area contributed by atoms with E-state index in [1.165, 1.54) is 0 Å². The fraction of sp³-hybridized carbons (Fsp3) is 0.739. The molecule has 2 fully saturated rings. The summed E-state index contributed by atoms with van der Waals surface area (Å²) in [6, 6.07) is 1.41. The molecule has 3 atom stereocenters. The summed E-state index contributed by atoms with van der Waals surface area (Å²) in [4.78, 5) is 24.8. The number of halogens is 2. The molecule has 180 valence electrons. The molecule has 2 aliphatic rings. The van der Waals surface area contributed by atoms with Gasteiger partial charge in [0, 0.05) is 32.2 Å². The van der Waals surface area contributed by atoms with Crippen LogP contribution in [0.3, 0.4) is 0 Å². The van der Waals surface area contributed by atoms with Crippen LogP contribution in [0.1, 0.15) is 70.9 Å². The molecule has 1 aromatic rings. The second-order valence-corrected chi connectivity index (χ2v) is 10.6. The Morgan fingerprint density at radius 3 is 2.56 bits per heavy atom. The van der Waals surface area contributed by atoms with Gasteiger partial charge in [0.25, 0.3) is 5.56 Å². The van der Waals surface area contributed by atoms with Crippen LogP contribution in [-0.4, -0.2) is 47.8 Å². The molecule has 7 nitrogen and oxygen atoms in total. The summed E-state index contributed by atoms with van der Waals surface area (Å²) in [7, 11) is 1.72. The third-order valence-electron chi connectivity index (χ3n) is 6.04. The number of carbonyl (C=O) groups excluding carboxylic acids is 1. The van der Waals surface area contributed by atoms with E-state index >= 15 is 0 Å². The first-order valence-corrected chi connectivity index (χ1v) is 12.0. The number of rotatable bonds is 6. The van der Waals surface area contributed by atoms with Gasteiger partial charge in [0.05, 0.1) is 29.3 Å². The molecule has 2 aliphatic carbocycles. The molecule has 32 heavy (non-hydrogen) atoms. The number of aromatic nitrogens is 1. The van der Waals surface area contributed by atoms with Gasteiger partial charge in [-0.15, -0.1) is 0 Å². The van der Waals surface area contributed by atoms with Gasteiger partial charge in [-0.2, -0.15) is 0 Å². The molecule has 1 aromatic heterocycles. The van der Waals surface area contributed by atoms with Gasteiger partial charge in [0.15, 0.2) is 0 Å². The highest BCUT2D eigenvalue weighted by Crippen LogP contribution is 2.30. The van der Waals surface area contributed by atoms with E-state index in [-0.39, 0.29) is 37.2 Å². The molecule has 2 saturated carbocycles. The van der Waals surface area contributed by atoms with Gasteiger partial charge in [0.1, 0.15) is 11.8 Å². The van der Waals surface area contributed by atoms with E-state index in [4.69, 9.17) is 14.2 Å². The summed E-state index contributed by atoms with van der Waals surface area (Å²) in [6.07, 6.45) is 4.00. The minimum absolute atomic E-state index is 0.0659. The normalized spacial score (nSPS) is 28.5. The second kappa shape index (κ2) is 10.7. The van der Waals surface area contributed by atoms with Crippen molar-refractivity contribution in [3.63, 3.8) is 0 Å². The lowest BCUT2D eigenvalue weighted by atomic mass is 9.92. The molecule has 3 rings (SSSR count). The Morgan fingerprint density at radius 1 is 1.25 bits per heavy atom. The van der Waals surface area contributed by atoms with Crippen LogP contribution < -0.4 is 10.9 Å². The first-order valence-electron chi connectivity index (χ1n) is 11.2. The molecule has 0 saturated heterocycles. The van der Waals surface area contributed by atoms with Crippen LogP contribution >= 0.6 is 15.9 Å². The van der Waals surface area contributed by atoms with Gasteiger partial charge in [-0.05, 0) is 74.0 Å². The monoisotopic (exact) mass is 516 g/mol. The molecule has 1 heterocycles. The maximum absolute atomic E-state index is 14.1. The number of alkyl carbamates (subject to hydrolysis) is 1. The molecule has 0 bridgehead atoms. The molecule has 0 radical (unpaired) electrons. The minimum atomic E-state index is -1.04. The van der Waals surface area contributed by atoms with E-state index in [0.717, 1.165) is 31.2 Å². The maximum Gasteiger partial charge on any atom is 0.407 e. The highest BCUT2D eigenvalue weighted by molar-refractivity contribution is 9.10.